The largest absolute Gasteiger partial charge is 0.255 e. The molecule has 0 amide bonds. The summed E-state index contributed by atoms with van der Waals surface area (Å²) in [5.74, 6) is 0. The number of benzene rings is 2. The number of pyridine rings is 1. The maximum absolute atomic E-state index is 9.25. The summed E-state index contributed by atoms with van der Waals surface area (Å²) in [5.41, 5.74) is 3.53. The van der Waals surface area contributed by atoms with Crippen molar-refractivity contribution in [3.63, 3.8) is 0 Å². The van der Waals surface area contributed by atoms with Gasteiger partial charge in [0.15, 0.2) is 0 Å². The Balaban J connectivity index is 2.42. The summed E-state index contributed by atoms with van der Waals surface area (Å²) in [4.78, 5) is 4.32. The van der Waals surface area contributed by atoms with Crippen molar-refractivity contribution < 1.29 is 0 Å². The third kappa shape index (κ3) is 1.63. The molecule has 0 aliphatic rings. The highest BCUT2D eigenvalue weighted by molar-refractivity contribution is 5.96. The molecule has 0 spiro atoms. The lowest BCUT2D eigenvalue weighted by molar-refractivity contribution is 1.37. The van der Waals surface area contributed by atoms with E-state index in [1.54, 1.807) is 6.20 Å². The normalized spacial score (nSPS) is 10.2. The van der Waals surface area contributed by atoms with Gasteiger partial charge < -0.3 is 0 Å². The fraction of sp³-hybridized carbons (Fsp3) is 0. The molecule has 0 radical (unpaired) electrons. The quantitative estimate of drug-likeness (QED) is 0.638. The second-order valence-electron chi connectivity index (χ2n) is 4.04. The van der Waals surface area contributed by atoms with Gasteiger partial charge in [0, 0.05) is 17.1 Å². The smallest absolute Gasteiger partial charge is 0.101 e. The molecule has 0 unspecified atom stereocenters. The van der Waals surface area contributed by atoms with Crippen LogP contribution >= 0.6 is 0 Å². The maximum Gasteiger partial charge on any atom is 0.101 e. The molecule has 2 aromatic carbocycles. The van der Waals surface area contributed by atoms with Gasteiger partial charge in [-0.15, -0.1) is 0 Å². The molecule has 0 fully saturated rings. The molecule has 2 nitrogen and oxygen atoms in total. The summed E-state index contributed by atoms with van der Waals surface area (Å²) in [7, 11) is 0. The first-order valence-corrected chi connectivity index (χ1v) is 5.73. The predicted molar refractivity (Wildman–Crippen MR) is 71.9 cm³/mol. The Bertz CT molecular complexity index is 740. The summed E-state index contributed by atoms with van der Waals surface area (Å²) in [6.07, 6.45) is 1.64. The van der Waals surface area contributed by atoms with Gasteiger partial charge in [-0.05, 0) is 11.6 Å². The molecule has 0 aliphatic heterocycles. The van der Waals surface area contributed by atoms with E-state index in [2.05, 4.69) is 11.1 Å². The van der Waals surface area contributed by atoms with Crippen LogP contribution in [0.1, 0.15) is 5.56 Å². The average Bonchev–Trinajstić information content (AvgIpc) is 2.47. The lowest BCUT2D eigenvalue weighted by Crippen LogP contribution is -1.89. The molecule has 3 aromatic rings. The van der Waals surface area contributed by atoms with Gasteiger partial charge in [-0.3, -0.25) is 4.98 Å². The minimum absolute atomic E-state index is 0.611. The first kappa shape index (κ1) is 10.5. The molecule has 3 rings (SSSR count). The minimum Gasteiger partial charge on any atom is -0.255 e. The second-order valence-corrected chi connectivity index (χ2v) is 4.04. The number of aromatic nitrogens is 1. The van der Waals surface area contributed by atoms with E-state index < -0.39 is 0 Å². The molecule has 1 aromatic heterocycles. The Labute approximate surface area is 105 Å². The molecule has 18 heavy (non-hydrogen) atoms. The van der Waals surface area contributed by atoms with Gasteiger partial charge in [0.1, 0.15) is 6.07 Å². The zero-order valence-corrected chi connectivity index (χ0v) is 9.67. The molecule has 84 valence electrons. The highest BCUT2D eigenvalue weighted by atomic mass is 14.7. The first-order valence-electron chi connectivity index (χ1n) is 5.73. The molecule has 1 heterocycles. The molecule has 0 saturated heterocycles. The van der Waals surface area contributed by atoms with Crippen LogP contribution < -0.4 is 0 Å². The average molecular weight is 230 g/mol. The number of hydrogen-bond donors (Lipinski definition) is 0. The SMILES string of the molecule is N#Cc1cnc2ccccc2c1-c1ccccc1. The van der Waals surface area contributed by atoms with E-state index in [0.717, 1.165) is 22.0 Å². The van der Waals surface area contributed by atoms with Crippen LogP contribution in [0.15, 0.2) is 60.8 Å². The third-order valence-electron chi connectivity index (χ3n) is 2.96. The van der Waals surface area contributed by atoms with E-state index in [1.807, 2.05) is 54.6 Å². The van der Waals surface area contributed by atoms with Crippen molar-refractivity contribution in [1.29, 1.82) is 5.26 Å². The molecule has 0 atom stereocenters. The zero-order valence-electron chi connectivity index (χ0n) is 9.67. The molecule has 0 aliphatic carbocycles. The number of rotatable bonds is 1. The van der Waals surface area contributed by atoms with Crippen molar-refractivity contribution in [2.45, 2.75) is 0 Å². The number of nitrogens with zero attached hydrogens (tertiary/aromatic N) is 2. The predicted octanol–water partition coefficient (Wildman–Crippen LogP) is 3.77. The van der Waals surface area contributed by atoms with Crippen molar-refractivity contribution in [2.24, 2.45) is 0 Å². The standard InChI is InChI=1S/C16H10N2/c17-10-13-11-18-15-9-5-4-8-14(15)16(13)12-6-2-1-3-7-12/h1-9,11H. The van der Waals surface area contributed by atoms with E-state index in [-0.39, 0.29) is 0 Å². The van der Waals surface area contributed by atoms with Gasteiger partial charge in [0.2, 0.25) is 0 Å². The van der Waals surface area contributed by atoms with E-state index in [9.17, 15) is 5.26 Å². The van der Waals surface area contributed by atoms with Crippen LogP contribution in [0.25, 0.3) is 22.0 Å². The Hall–Kier alpha value is -2.66. The Morgan fingerprint density at radius 1 is 0.889 bits per heavy atom. The molecule has 0 saturated carbocycles. The number of fused-ring (bicyclic) bond motifs is 1. The molecular formula is C16H10N2. The van der Waals surface area contributed by atoms with E-state index in [1.165, 1.54) is 0 Å². The molecule has 2 heteroatoms. The lowest BCUT2D eigenvalue weighted by atomic mass is 9.97. The topological polar surface area (TPSA) is 36.7 Å². The van der Waals surface area contributed by atoms with Crippen LogP contribution in [-0.4, -0.2) is 4.98 Å². The van der Waals surface area contributed by atoms with Crippen LogP contribution in [0.4, 0.5) is 0 Å². The fourth-order valence-corrected chi connectivity index (χ4v) is 2.14. The molecular weight excluding hydrogens is 220 g/mol. The van der Waals surface area contributed by atoms with Crippen molar-refractivity contribution in [2.75, 3.05) is 0 Å². The minimum atomic E-state index is 0.611. The number of para-hydroxylation sites is 1. The van der Waals surface area contributed by atoms with Gasteiger partial charge in [0.25, 0.3) is 0 Å². The van der Waals surface area contributed by atoms with Gasteiger partial charge in [-0.1, -0.05) is 48.5 Å². The fourth-order valence-electron chi connectivity index (χ4n) is 2.14. The van der Waals surface area contributed by atoms with E-state index in [0.29, 0.717) is 5.56 Å². The van der Waals surface area contributed by atoms with Crippen molar-refractivity contribution in [3.8, 4) is 17.2 Å². The lowest BCUT2D eigenvalue weighted by Gasteiger charge is -2.08. The van der Waals surface area contributed by atoms with Crippen LogP contribution in [0.3, 0.4) is 0 Å². The van der Waals surface area contributed by atoms with Crippen molar-refractivity contribution in [1.82, 2.24) is 4.98 Å². The summed E-state index contributed by atoms with van der Waals surface area (Å²) >= 11 is 0. The number of nitriles is 1. The summed E-state index contributed by atoms with van der Waals surface area (Å²) in [6, 6.07) is 20.1. The van der Waals surface area contributed by atoms with Gasteiger partial charge in [-0.2, -0.15) is 5.26 Å². The van der Waals surface area contributed by atoms with Gasteiger partial charge >= 0.3 is 0 Å². The summed E-state index contributed by atoms with van der Waals surface area (Å²) in [6.45, 7) is 0. The zero-order chi connectivity index (χ0) is 12.4. The Kier molecular flexibility index (Phi) is 2.51. The third-order valence-corrected chi connectivity index (χ3v) is 2.96. The molecule has 0 bridgehead atoms. The van der Waals surface area contributed by atoms with Crippen LogP contribution in [0.2, 0.25) is 0 Å². The Morgan fingerprint density at radius 2 is 1.61 bits per heavy atom. The number of hydrogen-bond acceptors (Lipinski definition) is 2. The van der Waals surface area contributed by atoms with Crippen LogP contribution in [-0.2, 0) is 0 Å². The Morgan fingerprint density at radius 3 is 2.39 bits per heavy atom. The molecule has 0 N–H and O–H groups in total. The monoisotopic (exact) mass is 230 g/mol. The summed E-state index contributed by atoms with van der Waals surface area (Å²) in [5, 5.41) is 10.3. The van der Waals surface area contributed by atoms with Crippen molar-refractivity contribution >= 4 is 10.9 Å². The van der Waals surface area contributed by atoms with Crippen molar-refractivity contribution in [3.05, 3.63) is 66.4 Å². The van der Waals surface area contributed by atoms with E-state index in [4.69, 9.17) is 0 Å². The highest BCUT2D eigenvalue weighted by Crippen LogP contribution is 2.30. The second kappa shape index (κ2) is 4.31. The highest BCUT2D eigenvalue weighted by Gasteiger charge is 2.09. The first-order chi connectivity index (χ1) is 8.90. The van der Waals surface area contributed by atoms with Crippen LogP contribution in [0, 0.1) is 11.3 Å². The van der Waals surface area contributed by atoms with E-state index >= 15 is 0 Å². The summed E-state index contributed by atoms with van der Waals surface area (Å²) < 4.78 is 0. The van der Waals surface area contributed by atoms with Gasteiger partial charge in [-0.25, -0.2) is 0 Å². The maximum atomic E-state index is 9.25. The van der Waals surface area contributed by atoms with Crippen LogP contribution in [0.5, 0.6) is 0 Å². The van der Waals surface area contributed by atoms with Gasteiger partial charge in [0.05, 0.1) is 11.1 Å².